The van der Waals surface area contributed by atoms with E-state index in [1.165, 1.54) is 18.0 Å². The molecule has 0 saturated heterocycles. The quantitative estimate of drug-likeness (QED) is 0.196. The molecule has 2 heterocycles. The molecular formula is C28H22ClN5O3S. The van der Waals surface area contributed by atoms with Crippen LogP contribution in [0, 0.1) is 0 Å². The number of carbonyl (C=O) groups excluding carboxylic acids is 3. The molecule has 0 atom stereocenters. The number of nitrogens with one attached hydrogen (secondary N) is 3. The van der Waals surface area contributed by atoms with Crippen molar-refractivity contribution < 1.29 is 14.4 Å². The Balaban J connectivity index is 1.42. The van der Waals surface area contributed by atoms with Gasteiger partial charge in [-0.25, -0.2) is 4.98 Å². The topological polar surface area (TPSA) is 113 Å². The zero-order chi connectivity index (χ0) is 26.7. The van der Waals surface area contributed by atoms with Gasteiger partial charge in [-0.2, -0.15) is 0 Å². The van der Waals surface area contributed by atoms with E-state index in [2.05, 4.69) is 25.9 Å². The number of nitrogens with zero attached hydrogens (tertiary/aromatic N) is 2. The van der Waals surface area contributed by atoms with E-state index in [4.69, 9.17) is 11.6 Å². The first kappa shape index (κ1) is 26.6. The minimum absolute atomic E-state index is 0.0553. The predicted octanol–water partition coefficient (Wildman–Crippen LogP) is 5.27. The Morgan fingerprint density at radius 1 is 0.895 bits per heavy atom. The second kappa shape index (κ2) is 13.2. The highest BCUT2D eigenvalue weighted by atomic mass is 35.5. The molecule has 3 amide bonds. The number of benzene rings is 2. The molecule has 0 saturated carbocycles. The molecule has 0 bridgehead atoms. The lowest BCUT2D eigenvalue weighted by atomic mass is 10.2. The lowest BCUT2D eigenvalue weighted by Crippen LogP contribution is -2.30. The smallest absolute Gasteiger partial charge is 0.272 e. The number of amides is 3. The van der Waals surface area contributed by atoms with Crippen LogP contribution in [0.4, 0.5) is 11.5 Å². The molecule has 190 valence electrons. The molecule has 3 N–H and O–H groups in total. The largest absolute Gasteiger partial charge is 0.321 e. The highest BCUT2D eigenvalue weighted by Crippen LogP contribution is 2.22. The molecule has 4 aromatic rings. The summed E-state index contributed by atoms with van der Waals surface area (Å²) in [5.41, 5.74) is 1.63. The van der Waals surface area contributed by atoms with E-state index in [1.54, 1.807) is 91.3 Å². The van der Waals surface area contributed by atoms with Gasteiger partial charge in [-0.1, -0.05) is 41.9 Å². The maximum absolute atomic E-state index is 13.2. The number of thioether (sulfide) groups is 1. The number of pyridine rings is 2. The van der Waals surface area contributed by atoms with Crippen LogP contribution in [0.15, 0.2) is 108 Å². The normalized spacial score (nSPS) is 10.9. The zero-order valence-electron chi connectivity index (χ0n) is 19.9. The van der Waals surface area contributed by atoms with Gasteiger partial charge in [-0.15, -0.1) is 11.8 Å². The fourth-order valence-corrected chi connectivity index (χ4v) is 4.08. The van der Waals surface area contributed by atoms with E-state index in [9.17, 15) is 14.4 Å². The number of rotatable bonds is 9. The van der Waals surface area contributed by atoms with Crippen LogP contribution in [-0.4, -0.2) is 33.4 Å². The number of carbonyl (C=O) groups is 3. The van der Waals surface area contributed by atoms with Crippen molar-refractivity contribution in [2.45, 2.75) is 4.90 Å². The first-order valence-electron chi connectivity index (χ1n) is 11.4. The maximum atomic E-state index is 13.2. The van der Waals surface area contributed by atoms with Crippen molar-refractivity contribution in [1.29, 1.82) is 0 Å². The first-order valence-corrected chi connectivity index (χ1v) is 12.8. The Bertz CT molecular complexity index is 1450. The predicted molar refractivity (Wildman–Crippen MR) is 150 cm³/mol. The Kier molecular flexibility index (Phi) is 9.22. The summed E-state index contributed by atoms with van der Waals surface area (Å²) in [6.45, 7) is 0. The van der Waals surface area contributed by atoms with E-state index in [0.29, 0.717) is 27.7 Å². The second-order valence-electron chi connectivity index (χ2n) is 7.84. The minimum atomic E-state index is -0.508. The average Bonchev–Trinajstić information content (AvgIpc) is 2.94. The molecule has 0 spiro atoms. The van der Waals surface area contributed by atoms with E-state index in [-0.39, 0.29) is 17.4 Å². The fourth-order valence-electron chi connectivity index (χ4n) is 3.21. The average molecular weight is 544 g/mol. The number of aromatic nitrogens is 2. The van der Waals surface area contributed by atoms with Gasteiger partial charge in [-0.3, -0.25) is 19.4 Å². The Labute approximate surface area is 228 Å². The van der Waals surface area contributed by atoms with Crippen LogP contribution in [0.3, 0.4) is 0 Å². The summed E-state index contributed by atoms with van der Waals surface area (Å²) in [6.07, 6.45) is 6.21. The molecular weight excluding hydrogens is 522 g/mol. The molecule has 2 aromatic carbocycles. The van der Waals surface area contributed by atoms with Crippen molar-refractivity contribution >= 4 is 58.7 Å². The van der Waals surface area contributed by atoms with Gasteiger partial charge in [0, 0.05) is 34.7 Å². The summed E-state index contributed by atoms with van der Waals surface area (Å²) in [5.74, 6) is -0.606. The van der Waals surface area contributed by atoms with Crippen LogP contribution in [-0.2, 0) is 9.59 Å². The Hall–Kier alpha value is -4.47. The van der Waals surface area contributed by atoms with Gasteiger partial charge in [0.15, 0.2) is 0 Å². The monoisotopic (exact) mass is 543 g/mol. The standard InChI is InChI=1S/C28H22ClN5O3S/c29-21-11-12-25(31-17-21)34-26(35)18-38-23-10-4-9-22(15-23)32-28(37)24(14-19-6-5-13-30-16-19)33-27(36)20-7-2-1-3-8-20/h1-17H,18H2,(H,32,37)(H,33,36)(H,31,34,35)/b24-14-. The summed E-state index contributed by atoms with van der Waals surface area (Å²) < 4.78 is 0. The Morgan fingerprint density at radius 3 is 2.47 bits per heavy atom. The van der Waals surface area contributed by atoms with Crippen LogP contribution in [0.25, 0.3) is 6.08 Å². The molecule has 38 heavy (non-hydrogen) atoms. The van der Waals surface area contributed by atoms with E-state index >= 15 is 0 Å². The molecule has 2 aromatic heterocycles. The number of halogens is 1. The number of hydrogen-bond donors (Lipinski definition) is 3. The molecule has 0 radical (unpaired) electrons. The van der Waals surface area contributed by atoms with Crippen molar-refractivity contribution in [2.24, 2.45) is 0 Å². The van der Waals surface area contributed by atoms with Gasteiger partial charge in [0.1, 0.15) is 11.5 Å². The highest BCUT2D eigenvalue weighted by molar-refractivity contribution is 8.00. The second-order valence-corrected chi connectivity index (χ2v) is 9.33. The highest BCUT2D eigenvalue weighted by Gasteiger charge is 2.15. The lowest BCUT2D eigenvalue weighted by molar-refractivity contribution is -0.114. The van der Waals surface area contributed by atoms with Gasteiger partial charge in [0.05, 0.1) is 10.8 Å². The van der Waals surface area contributed by atoms with Crippen LogP contribution < -0.4 is 16.0 Å². The molecule has 0 fully saturated rings. The van der Waals surface area contributed by atoms with Gasteiger partial charge in [0.2, 0.25) is 5.91 Å². The third-order valence-electron chi connectivity index (χ3n) is 4.98. The van der Waals surface area contributed by atoms with Crippen LogP contribution in [0.1, 0.15) is 15.9 Å². The summed E-state index contributed by atoms with van der Waals surface area (Å²) in [7, 11) is 0. The van der Waals surface area contributed by atoms with Crippen LogP contribution in [0.5, 0.6) is 0 Å². The molecule has 0 unspecified atom stereocenters. The molecule has 10 heteroatoms. The van der Waals surface area contributed by atoms with Gasteiger partial charge in [0.25, 0.3) is 11.8 Å². The summed E-state index contributed by atoms with van der Waals surface area (Å²) in [6, 6.07) is 22.5. The molecule has 0 aliphatic rings. The molecule has 0 aliphatic heterocycles. The van der Waals surface area contributed by atoms with Crippen LogP contribution in [0.2, 0.25) is 5.02 Å². The summed E-state index contributed by atoms with van der Waals surface area (Å²) in [4.78, 5) is 47.1. The van der Waals surface area contributed by atoms with Crippen molar-refractivity contribution in [3.05, 3.63) is 119 Å². The number of anilines is 2. The third-order valence-corrected chi connectivity index (χ3v) is 6.20. The molecule has 0 aliphatic carbocycles. The number of hydrogen-bond acceptors (Lipinski definition) is 6. The van der Waals surface area contributed by atoms with Gasteiger partial charge in [-0.05, 0) is 60.2 Å². The van der Waals surface area contributed by atoms with E-state index in [1.807, 2.05) is 6.07 Å². The third kappa shape index (κ3) is 8.02. The van der Waals surface area contributed by atoms with Crippen molar-refractivity contribution in [3.63, 3.8) is 0 Å². The summed E-state index contributed by atoms with van der Waals surface area (Å²) in [5, 5.41) is 8.69. The molecule has 8 nitrogen and oxygen atoms in total. The van der Waals surface area contributed by atoms with E-state index in [0.717, 1.165) is 4.90 Å². The van der Waals surface area contributed by atoms with Crippen molar-refractivity contribution in [3.8, 4) is 0 Å². The Morgan fingerprint density at radius 2 is 1.74 bits per heavy atom. The van der Waals surface area contributed by atoms with Gasteiger partial charge >= 0.3 is 0 Å². The van der Waals surface area contributed by atoms with Crippen LogP contribution >= 0.6 is 23.4 Å². The van der Waals surface area contributed by atoms with Crippen molar-refractivity contribution in [1.82, 2.24) is 15.3 Å². The summed E-state index contributed by atoms with van der Waals surface area (Å²) >= 11 is 7.12. The minimum Gasteiger partial charge on any atom is -0.321 e. The molecule has 4 rings (SSSR count). The first-order chi connectivity index (χ1) is 18.5. The van der Waals surface area contributed by atoms with E-state index < -0.39 is 11.8 Å². The van der Waals surface area contributed by atoms with Gasteiger partial charge < -0.3 is 16.0 Å². The SMILES string of the molecule is O=C(CSc1cccc(NC(=O)/C(=C/c2cccnc2)NC(=O)c2ccccc2)c1)Nc1ccc(Cl)cn1. The fraction of sp³-hybridized carbons (Fsp3) is 0.0357. The zero-order valence-corrected chi connectivity index (χ0v) is 21.5. The maximum Gasteiger partial charge on any atom is 0.272 e. The van der Waals surface area contributed by atoms with Crippen molar-refractivity contribution in [2.75, 3.05) is 16.4 Å². The lowest BCUT2D eigenvalue weighted by Gasteiger charge is -2.12.